The van der Waals surface area contributed by atoms with E-state index in [1.54, 1.807) is 23.2 Å². The number of piperidine rings is 1. The van der Waals surface area contributed by atoms with Crippen molar-refractivity contribution in [3.05, 3.63) is 81.9 Å². The van der Waals surface area contributed by atoms with Crippen molar-refractivity contribution in [1.82, 2.24) is 14.3 Å². The minimum absolute atomic E-state index is 0.154. The number of benzene rings is 1. The van der Waals surface area contributed by atoms with Crippen molar-refractivity contribution < 1.29 is 4.79 Å². The van der Waals surface area contributed by atoms with E-state index < -0.39 is 0 Å². The summed E-state index contributed by atoms with van der Waals surface area (Å²) in [4.78, 5) is 31.5. The molecule has 1 aliphatic rings. The first-order chi connectivity index (χ1) is 13.6. The standard InChI is InChI=1S/C23H25N3O2/c1-17-5-7-18(8-6-17)9-10-19-11-14-25(15-12-19)22(27)20-16-24-21-4-2-3-13-26(21)23(20)28/h2-8,13,16,19H,9-12,14-15H2,1H3. The van der Waals surface area contributed by atoms with Gasteiger partial charge in [-0.1, -0.05) is 35.9 Å². The molecule has 0 unspecified atom stereocenters. The predicted molar refractivity (Wildman–Crippen MR) is 110 cm³/mol. The van der Waals surface area contributed by atoms with Crippen molar-refractivity contribution in [3.63, 3.8) is 0 Å². The number of fused-ring (bicyclic) bond motifs is 1. The van der Waals surface area contributed by atoms with E-state index in [1.165, 1.54) is 21.7 Å². The largest absolute Gasteiger partial charge is 0.338 e. The van der Waals surface area contributed by atoms with Crippen LogP contribution in [-0.2, 0) is 6.42 Å². The molecule has 0 aliphatic carbocycles. The first-order valence-corrected chi connectivity index (χ1v) is 9.93. The average molecular weight is 375 g/mol. The third-order valence-corrected chi connectivity index (χ3v) is 5.71. The van der Waals surface area contributed by atoms with Gasteiger partial charge in [0.1, 0.15) is 11.2 Å². The summed E-state index contributed by atoms with van der Waals surface area (Å²) in [5.74, 6) is 0.425. The Balaban J connectivity index is 1.37. The molecule has 1 saturated heterocycles. The zero-order valence-electron chi connectivity index (χ0n) is 16.2. The lowest BCUT2D eigenvalue weighted by atomic mass is 9.90. The zero-order valence-corrected chi connectivity index (χ0v) is 16.2. The van der Waals surface area contributed by atoms with Crippen LogP contribution in [0.15, 0.2) is 59.7 Å². The third-order valence-electron chi connectivity index (χ3n) is 5.71. The number of carbonyl (C=O) groups is 1. The number of nitrogens with zero attached hydrogens (tertiary/aromatic N) is 3. The van der Waals surface area contributed by atoms with Gasteiger partial charge in [-0.3, -0.25) is 14.0 Å². The third kappa shape index (κ3) is 3.84. The van der Waals surface area contributed by atoms with E-state index in [-0.39, 0.29) is 17.0 Å². The van der Waals surface area contributed by atoms with Gasteiger partial charge < -0.3 is 4.90 Å². The normalized spacial score (nSPS) is 15.1. The summed E-state index contributed by atoms with van der Waals surface area (Å²) in [6, 6.07) is 14.1. The number of aromatic nitrogens is 2. The monoisotopic (exact) mass is 375 g/mol. The number of rotatable bonds is 4. The molecular weight excluding hydrogens is 350 g/mol. The van der Waals surface area contributed by atoms with Crippen LogP contribution in [0.5, 0.6) is 0 Å². The molecule has 0 saturated carbocycles. The number of aryl methyl sites for hydroxylation is 2. The molecule has 4 rings (SSSR count). The van der Waals surface area contributed by atoms with E-state index >= 15 is 0 Å². The first kappa shape index (κ1) is 18.4. The Hall–Kier alpha value is -2.95. The van der Waals surface area contributed by atoms with E-state index in [0.717, 1.165) is 25.7 Å². The van der Waals surface area contributed by atoms with E-state index in [0.29, 0.717) is 24.7 Å². The van der Waals surface area contributed by atoms with Crippen LogP contribution >= 0.6 is 0 Å². The summed E-state index contributed by atoms with van der Waals surface area (Å²) < 4.78 is 1.43. The highest BCUT2D eigenvalue weighted by Gasteiger charge is 2.25. The summed E-state index contributed by atoms with van der Waals surface area (Å²) in [7, 11) is 0. The maximum atomic E-state index is 12.9. The number of hydrogen-bond donors (Lipinski definition) is 0. The van der Waals surface area contributed by atoms with Gasteiger partial charge in [0.2, 0.25) is 0 Å². The molecule has 0 radical (unpaired) electrons. The summed E-state index contributed by atoms with van der Waals surface area (Å²) in [6.45, 7) is 3.51. The molecule has 1 aromatic carbocycles. The van der Waals surface area contributed by atoms with Crippen LogP contribution in [0.25, 0.3) is 5.65 Å². The van der Waals surface area contributed by atoms with Gasteiger partial charge in [-0.05, 0) is 56.2 Å². The Morgan fingerprint density at radius 2 is 1.86 bits per heavy atom. The maximum absolute atomic E-state index is 12.9. The van der Waals surface area contributed by atoms with E-state index in [4.69, 9.17) is 0 Å². The summed E-state index contributed by atoms with van der Waals surface area (Å²) in [5.41, 5.74) is 3.08. The van der Waals surface area contributed by atoms with E-state index in [9.17, 15) is 9.59 Å². The second-order valence-corrected chi connectivity index (χ2v) is 7.67. The second kappa shape index (κ2) is 7.97. The molecule has 3 aromatic rings. The Morgan fingerprint density at radius 1 is 1.11 bits per heavy atom. The Kier molecular flexibility index (Phi) is 5.24. The molecule has 0 spiro atoms. The van der Waals surface area contributed by atoms with Gasteiger partial charge >= 0.3 is 0 Å². The van der Waals surface area contributed by atoms with Gasteiger partial charge in [0.15, 0.2) is 0 Å². The average Bonchev–Trinajstić information content (AvgIpc) is 2.74. The molecule has 3 heterocycles. The van der Waals surface area contributed by atoms with Crippen molar-refractivity contribution in [2.75, 3.05) is 13.1 Å². The van der Waals surface area contributed by atoms with Gasteiger partial charge in [-0.15, -0.1) is 0 Å². The fourth-order valence-electron chi connectivity index (χ4n) is 3.89. The highest BCUT2D eigenvalue weighted by Crippen LogP contribution is 2.23. The molecule has 1 amide bonds. The number of amides is 1. The summed E-state index contributed by atoms with van der Waals surface area (Å²) >= 11 is 0. The smallest absolute Gasteiger partial charge is 0.270 e. The Labute approximate surface area is 164 Å². The summed E-state index contributed by atoms with van der Waals surface area (Å²) in [5, 5.41) is 0. The van der Waals surface area contributed by atoms with Crippen LogP contribution in [-0.4, -0.2) is 33.3 Å². The van der Waals surface area contributed by atoms with Crippen molar-refractivity contribution in [3.8, 4) is 0 Å². The fourth-order valence-corrected chi connectivity index (χ4v) is 3.89. The zero-order chi connectivity index (χ0) is 19.5. The molecule has 5 heteroatoms. The van der Waals surface area contributed by atoms with E-state index in [1.807, 2.05) is 6.07 Å². The second-order valence-electron chi connectivity index (χ2n) is 7.67. The molecule has 1 aliphatic heterocycles. The van der Waals surface area contributed by atoms with Crippen molar-refractivity contribution >= 4 is 11.6 Å². The number of pyridine rings is 1. The maximum Gasteiger partial charge on any atom is 0.270 e. The van der Waals surface area contributed by atoms with E-state index in [2.05, 4.69) is 36.2 Å². The van der Waals surface area contributed by atoms with Crippen LogP contribution < -0.4 is 5.56 Å². The van der Waals surface area contributed by atoms with Gasteiger partial charge in [0.05, 0.1) is 0 Å². The van der Waals surface area contributed by atoms with Crippen molar-refractivity contribution in [2.24, 2.45) is 5.92 Å². The van der Waals surface area contributed by atoms with Crippen molar-refractivity contribution in [1.29, 1.82) is 0 Å². The number of likely N-dealkylation sites (tertiary alicyclic amines) is 1. The molecule has 0 atom stereocenters. The predicted octanol–water partition coefficient (Wildman–Crippen LogP) is 3.49. The topological polar surface area (TPSA) is 54.7 Å². The molecular formula is C23H25N3O2. The first-order valence-electron chi connectivity index (χ1n) is 9.93. The van der Waals surface area contributed by atoms with Gasteiger partial charge in [0.25, 0.3) is 11.5 Å². The number of hydrogen-bond acceptors (Lipinski definition) is 3. The van der Waals surface area contributed by atoms with Crippen molar-refractivity contribution in [2.45, 2.75) is 32.6 Å². The Morgan fingerprint density at radius 3 is 2.61 bits per heavy atom. The van der Waals surface area contributed by atoms with Crippen LogP contribution in [0, 0.1) is 12.8 Å². The molecule has 144 valence electrons. The Bertz CT molecular complexity index is 1030. The molecule has 5 nitrogen and oxygen atoms in total. The van der Waals surface area contributed by atoms with Crippen LogP contribution in [0.1, 0.15) is 40.7 Å². The minimum atomic E-state index is -0.294. The lowest BCUT2D eigenvalue weighted by Gasteiger charge is -2.32. The highest BCUT2D eigenvalue weighted by atomic mass is 16.2. The van der Waals surface area contributed by atoms with Crippen LogP contribution in [0.4, 0.5) is 0 Å². The highest BCUT2D eigenvalue weighted by molar-refractivity contribution is 5.93. The lowest BCUT2D eigenvalue weighted by Crippen LogP contribution is -2.41. The lowest BCUT2D eigenvalue weighted by molar-refractivity contribution is 0.0684. The quantitative estimate of drug-likeness (QED) is 0.701. The molecule has 1 fully saturated rings. The minimum Gasteiger partial charge on any atom is -0.338 e. The molecule has 0 N–H and O–H groups in total. The van der Waals surface area contributed by atoms with Crippen LogP contribution in [0.2, 0.25) is 0 Å². The fraction of sp³-hybridized carbons (Fsp3) is 0.348. The molecule has 0 bridgehead atoms. The molecule has 2 aromatic heterocycles. The van der Waals surface area contributed by atoms with Crippen LogP contribution in [0.3, 0.4) is 0 Å². The SMILES string of the molecule is Cc1ccc(CCC2CCN(C(=O)c3cnc4ccccn4c3=O)CC2)cc1. The van der Waals surface area contributed by atoms with Gasteiger partial charge in [-0.25, -0.2) is 4.98 Å². The molecule has 28 heavy (non-hydrogen) atoms. The summed E-state index contributed by atoms with van der Waals surface area (Å²) in [6.07, 6.45) is 7.27. The number of carbonyl (C=O) groups excluding carboxylic acids is 1. The van der Waals surface area contributed by atoms with Gasteiger partial charge in [-0.2, -0.15) is 0 Å². The van der Waals surface area contributed by atoms with Gasteiger partial charge in [0, 0.05) is 25.5 Å².